The van der Waals surface area contributed by atoms with Gasteiger partial charge in [-0.05, 0) is 48.9 Å². The third-order valence-corrected chi connectivity index (χ3v) is 10.5. The van der Waals surface area contributed by atoms with Crippen molar-refractivity contribution in [2.45, 2.75) is 63.3 Å². The summed E-state index contributed by atoms with van der Waals surface area (Å²) in [6.45, 7) is 5.84. The fourth-order valence-electron chi connectivity index (χ4n) is 7.74. The van der Waals surface area contributed by atoms with E-state index in [1.165, 1.54) is 40.1 Å². The van der Waals surface area contributed by atoms with Gasteiger partial charge in [0.1, 0.15) is 11.6 Å². The first kappa shape index (κ1) is 34.3. The van der Waals surface area contributed by atoms with Crippen molar-refractivity contribution in [2.75, 3.05) is 47.3 Å². The van der Waals surface area contributed by atoms with E-state index in [1.807, 2.05) is 18.2 Å². The van der Waals surface area contributed by atoms with Gasteiger partial charge >= 0.3 is 11.8 Å². The molecule has 260 valence electrons. The van der Waals surface area contributed by atoms with Gasteiger partial charge in [0.25, 0.3) is 11.5 Å². The maximum absolute atomic E-state index is 13.9. The summed E-state index contributed by atoms with van der Waals surface area (Å²) in [4.78, 5) is 65.8. The average Bonchev–Trinajstić information content (AvgIpc) is 3.35. The molecule has 3 atom stereocenters. The van der Waals surface area contributed by atoms with Crippen LogP contribution in [0.4, 0.5) is 4.39 Å². The van der Waals surface area contributed by atoms with Crippen molar-refractivity contribution >= 4 is 17.7 Å². The number of aromatic nitrogens is 2. The summed E-state index contributed by atoms with van der Waals surface area (Å²) in [5, 5.41) is 13.8. The Bertz CT molecular complexity index is 1810. The Morgan fingerprint density at radius 2 is 1.73 bits per heavy atom. The predicted octanol–water partition coefficient (Wildman–Crippen LogP) is 2.08. The number of nitrogens with zero attached hydrogens (tertiary/aromatic N) is 6. The van der Waals surface area contributed by atoms with Crippen molar-refractivity contribution in [3.8, 4) is 5.75 Å². The van der Waals surface area contributed by atoms with Crippen molar-refractivity contribution in [1.82, 2.24) is 34.5 Å². The molecule has 3 amide bonds. The molecule has 4 aliphatic rings. The highest BCUT2D eigenvalue weighted by Crippen LogP contribution is 2.47. The minimum atomic E-state index is -0.746. The monoisotopic (exact) mass is 673 g/mol. The molecule has 2 fully saturated rings. The second-order valence-electron chi connectivity index (χ2n) is 13.8. The van der Waals surface area contributed by atoms with E-state index in [0.717, 1.165) is 32.7 Å². The standard InChI is InChI=1S/C36H44FN7O5/c1-23-18-25(10-11-27(23)37)20-38-32(46)29-30(45)33(47)44-22-36(43-16-14-42(15-17-43)21-24-8-6-5-7-9-24)13-12-26(31(44)39-29)28(19-36)41(4)35(49)34(48)40(2)3/h5-11,18,26,28,45H,12-17,19-22H2,1-4H3,(H,38,46). The van der Waals surface area contributed by atoms with Crippen LogP contribution in [0, 0.1) is 12.7 Å². The van der Waals surface area contributed by atoms with Gasteiger partial charge in [-0.1, -0.05) is 42.5 Å². The van der Waals surface area contributed by atoms with E-state index in [2.05, 4.69) is 32.2 Å². The summed E-state index contributed by atoms with van der Waals surface area (Å²) >= 11 is 0. The minimum absolute atomic E-state index is 0.0365. The van der Waals surface area contributed by atoms with Gasteiger partial charge in [-0.2, -0.15) is 0 Å². The van der Waals surface area contributed by atoms with Crippen molar-refractivity contribution in [3.05, 3.63) is 92.9 Å². The van der Waals surface area contributed by atoms with Crippen LogP contribution in [0.5, 0.6) is 5.75 Å². The van der Waals surface area contributed by atoms with Crippen LogP contribution in [0.25, 0.3) is 0 Å². The number of carbonyl (C=O) groups excluding carboxylic acids is 3. The van der Waals surface area contributed by atoms with Gasteiger partial charge in [0, 0.05) is 84.5 Å². The number of hydrogen-bond donors (Lipinski definition) is 2. The van der Waals surface area contributed by atoms with E-state index in [4.69, 9.17) is 0 Å². The molecule has 4 heterocycles. The number of fused-ring (bicyclic) bond motifs is 2. The van der Waals surface area contributed by atoms with Gasteiger partial charge in [0.05, 0.1) is 0 Å². The van der Waals surface area contributed by atoms with E-state index in [1.54, 1.807) is 26.1 Å². The summed E-state index contributed by atoms with van der Waals surface area (Å²) in [7, 11) is 4.67. The van der Waals surface area contributed by atoms with E-state index in [0.29, 0.717) is 36.2 Å². The van der Waals surface area contributed by atoms with E-state index in [9.17, 15) is 28.7 Å². The lowest BCUT2D eigenvalue weighted by atomic mass is 9.72. The van der Waals surface area contributed by atoms with Gasteiger partial charge < -0.3 is 20.2 Å². The van der Waals surface area contributed by atoms with E-state index in [-0.39, 0.29) is 18.9 Å². The normalized spacial score (nSPS) is 22.2. The molecule has 2 aromatic carbocycles. The molecule has 7 rings (SSSR count). The lowest BCUT2D eigenvalue weighted by molar-refractivity contribution is -0.152. The Morgan fingerprint density at radius 3 is 2.41 bits per heavy atom. The first-order chi connectivity index (χ1) is 23.4. The van der Waals surface area contributed by atoms with Crippen LogP contribution in [0.2, 0.25) is 0 Å². The molecule has 1 aromatic heterocycles. The molecule has 1 saturated carbocycles. The molecule has 2 bridgehead atoms. The molecular weight excluding hydrogens is 629 g/mol. The van der Waals surface area contributed by atoms with Gasteiger partial charge in [0.2, 0.25) is 5.75 Å². The number of carbonyl (C=O) groups is 3. The lowest BCUT2D eigenvalue weighted by Crippen LogP contribution is -2.62. The summed E-state index contributed by atoms with van der Waals surface area (Å²) in [5.74, 6) is -3.31. The number of aryl methyl sites for hydroxylation is 1. The smallest absolute Gasteiger partial charge is 0.312 e. The molecule has 3 aliphatic heterocycles. The SMILES string of the molecule is Cc1cc(CNC(=O)c2nc3n(c(=O)c2O)CC2(N4CCN(Cc5ccccc5)CC4)CCC3C(N(C)C(=O)C(=O)N(C)C)C2)ccc1F. The number of hydrogen-bond acceptors (Lipinski definition) is 8. The molecule has 49 heavy (non-hydrogen) atoms. The Balaban J connectivity index is 1.32. The molecular formula is C36H44FN7O5. The topological polar surface area (TPSA) is 131 Å². The Kier molecular flexibility index (Phi) is 9.58. The second-order valence-corrected chi connectivity index (χ2v) is 13.8. The predicted molar refractivity (Wildman–Crippen MR) is 180 cm³/mol. The quantitative estimate of drug-likeness (QED) is 0.365. The molecule has 1 aliphatic carbocycles. The molecule has 12 nitrogen and oxygen atoms in total. The molecule has 3 unspecified atom stereocenters. The summed E-state index contributed by atoms with van der Waals surface area (Å²) in [6.07, 6.45) is 1.77. The number of amides is 3. The highest BCUT2D eigenvalue weighted by Gasteiger charge is 2.52. The number of benzene rings is 2. The third kappa shape index (κ3) is 6.69. The molecule has 0 spiro atoms. The first-order valence-electron chi connectivity index (χ1n) is 16.8. The number of aromatic hydroxyl groups is 1. The number of rotatable bonds is 7. The van der Waals surface area contributed by atoms with Crippen LogP contribution in [0.15, 0.2) is 53.3 Å². The van der Waals surface area contributed by atoms with Gasteiger partial charge in [-0.25, -0.2) is 9.37 Å². The van der Waals surface area contributed by atoms with Crippen LogP contribution < -0.4 is 10.9 Å². The molecule has 3 aromatic rings. The van der Waals surface area contributed by atoms with Crippen LogP contribution in [0.1, 0.15) is 58.2 Å². The fourth-order valence-corrected chi connectivity index (χ4v) is 7.74. The van der Waals surface area contributed by atoms with Gasteiger partial charge in [-0.3, -0.25) is 33.5 Å². The lowest BCUT2D eigenvalue weighted by Gasteiger charge is -2.52. The van der Waals surface area contributed by atoms with E-state index >= 15 is 0 Å². The molecule has 13 heteroatoms. The van der Waals surface area contributed by atoms with Crippen LogP contribution in [-0.4, -0.2) is 111 Å². The Hall–Kier alpha value is -4.62. The molecule has 1 saturated heterocycles. The first-order valence-corrected chi connectivity index (χ1v) is 16.8. The largest absolute Gasteiger partial charge is 0.501 e. The van der Waals surface area contributed by atoms with Crippen LogP contribution in [-0.2, 0) is 29.2 Å². The fraction of sp³-hybridized carbons (Fsp3) is 0.472. The molecule has 0 radical (unpaired) electrons. The number of nitrogens with one attached hydrogen (secondary N) is 1. The van der Waals surface area contributed by atoms with Crippen molar-refractivity contribution in [1.29, 1.82) is 0 Å². The third-order valence-electron chi connectivity index (χ3n) is 10.5. The second kappa shape index (κ2) is 13.7. The number of likely N-dealkylation sites (N-methyl/N-ethyl adjacent to an activating group) is 2. The van der Waals surface area contributed by atoms with Crippen LogP contribution in [0.3, 0.4) is 0 Å². The number of piperazine rings is 1. The zero-order chi connectivity index (χ0) is 35.0. The summed E-state index contributed by atoms with van der Waals surface area (Å²) in [5.41, 5.74) is 0.643. The average molecular weight is 674 g/mol. The zero-order valence-electron chi connectivity index (χ0n) is 28.5. The Labute approximate surface area is 285 Å². The van der Waals surface area contributed by atoms with Crippen molar-refractivity contribution < 1.29 is 23.9 Å². The van der Waals surface area contributed by atoms with E-state index < -0.39 is 52.2 Å². The molecule has 2 N–H and O–H groups in total. The highest BCUT2D eigenvalue weighted by molar-refractivity contribution is 6.34. The number of halogens is 1. The highest BCUT2D eigenvalue weighted by atomic mass is 19.1. The maximum Gasteiger partial charge on any atom is 0.312 e. The van der Waals surface area contributed by atoms with Gasteiger partial charge in [-0.15, -0.1) is 0 Å². The zero-order valence-corrected chi connectivity index (χ0v) is 28.5. The maximum atomic E-state index is 13.9. The van der Waals surface area contributed by atoms with Crippen molar-refractivity contribution in [2.24, 2.45) is 0 Å². The van der Waals surface area contributed by atoms with Crippen LogP contribution >= 0.6 is 0 Å². The minimum Gasteiger partial charge on any atom is -0.501 e. The van der Waals surface area contributed by atoms with Crippen molar-refractivity contribution in [3.63, 3.8) is 0 Å². The van der Waals surface area contributed by atoms with Gasteiger partial charge in [0.15, 0.2) is 5.69 Å². The summed E-state index contributed by atoms with van der Waals surface area (Å²) < 4.78 is 15.3. The Morgan fingerprint density at radius 1 is 1.02 bits per heavy atom. The summed E-state index contributed by atoms with van der Waals surface area (Å²) in [6, 6.07) is 14.3.